The van der Waals surface area contributed by atoms with Crippen molar-refractivity contribution in [3.63, 3.8) is 0 Å². The zero-order valence-corrected chi connectivity index (χ0v) is 12.4. The lowest BCUT2D eigenvalue weighted by Crippen LogP contribution is -2.26. The zero-order chi connectivity index (χ0) is 13.5. The third-order valence-corrected chi connectivity index (χ3v) is 3.45. The van der Waals surface area contributed by atoms with Crippen molar-refractivity contribution in [2.75, 3.05) is 13.2 Å². The number of aliphatic hydroxyl groups excluding tert-OH is 1. The normalized spacial score (nSPS) is 10.9. The molecule has 3 heteroatoms. The maximum Gasteiger partial charge on any atom is 0.0558 e. The lowest BCUT2D eigenvalue weighted by Gasteiger charge is -2.21. The Bertz CT molecular complexity index is 501. The summed E-state index contributed by atoms with van der Waals surface area (Å²) in [5, 5.41) is 9.20. The van der Waals surface area contributed by atoms with Gasteiger partial charge in [-0.3, -0.25) is 4.90 Å². The Morgan fingerprint density at radius 3 is 2.26 bits per heavy atom. The van der Waals surface area contributed by atoms with Crippen LogP contribution in [0.15, 0.2) is 59.1 Å². The summed E-state index contributed by atoms with van der Waals surface area (Å²) >= 11 is 3.49. The van der Waals surface area contributed by atoms with E-state index in [2.05, 4.69) is 45.1 Å². The van der Waals surface area contributed by atoms with Gasteiger partial charge in [0, 0.05) is 24.1 Å². The minimum absolute atomic E-state index is 0.181. The van der Waals surface area contributed by atoms with E-state index in [1.807, 2.05) is 30.3 Å². The van der Waals surface area contributed by atoms with E-state index in [4.69, 9.17) is 0 Å². The Balaban J connectivity index is 2.04. The molecule has 0 fully saturated rings. The van der Waals surface area contributed by atoms with Crippen molar-refractivity contribution in [1.82, 2.24) is 4.90 Å². The smallest absolute Gasteiger partial charge is 0.0558 e. The minimum atomic E-state index is 0.181. The summed E-state index contributed by atoms with van der Waals surface area (Å²) in [7, 11) is 0. The fraction of sp³-hybridized carbons (Fsp3) is 0.250. The molecule has 0 unspecified atom stereocenters. The van der Waals surface area contributed by atoms with Crippen LogP contribution >= 0.6 is 15.9 Å². The third-order valence-electron chi connectivity index (χ3n) is 2.96. The molecule has 2 aromatic rings. The Hall–Kier alpha value is -1.16. The summed E-state index contributed by atoms with van der Waals surface area (Å²) < 4.78 is 1.09. The molecular weight excluding hydrogens is 302 g/mol. The molecule has 0 amide bonds. The Kier molecular flexibility index (Phi) is 5.58. The van der Waals surface area contributed by atoms with Crippen LogP contribution in [-0.4, -0.2) is 23.2 Å². The van der Waals surface area contributed by atoms with E-state index >= 15 is 0 Å². The molecule has 0 spiro atoms. The van der Waals surface area contributed by atoms with Gasteiger partial charge in [0.25, 0.3) is 0 Å². The first-order chi connectivity index (χ1) is 9.28. The average molecular weight is 320 g/mol. The van der Waals surface area contributed by atoms with E-state index in [0.717, 1.165) is 17.6 Å². The molecule has 0 saturated heterocycles. The van der Waals surface area contributed by atoms with Crippen molar-refractivity contribution in [2.45, 2.75) is 13.1 Å². The van der Waals surface area contributed by atoms with E-state index in [1.54, 1.807) is 0 Å². The van der Waals surface area contributed by atoms with Gasteiger partial charge in [-0.25, -0.2) is 0 Å². The Labute approximate surface area is 122 Å². The van der Waals surface area contributed by atoms with Crippen LogP contribution in [0.4, 0.5) is 0 Å². The fourth-order valence-electron chi connectivity index (χ4n) is 2.09. The van der Waals surface area contributed by atoms with Gasteiger partial charge in [0.15, 0.2) is 0 Å². The van der Waals surface area contributed by atoms with Gasteiger partial charge in [0.1, 0.15) is 0 Å². The van der Waals surface area contributed by atoms with Crippen molar-refractivity contribution >= 4 is 15.9 Å². The summed E-state index contributed by atoms with van der Waals surface area (Å²) in [6.45, 7) is 2.56. The largest absolute Gasteiger partial charge is 0.395 e. The van der Waals surface area contributed by atoms with Crippen LogP contribution in [0.2, 0.25) is 0 Å². The van der Waals surface area contributed by atoms with Gasteiger partial charge in [-0.2, -0.15) is 0 Å². The molecule has 0 atom stereocenters. The number of halogens is 1. The number of nitrogens with zero attached hydrogens (tertiary/aromatic N) is 1. The summed E-state index contributed by atoms with van der Waals surface area (Å²) in [6.07, 6.45) is 0. The van der Waals surface area contributed by atoms with Gasteiger partial charge in [0.05, 0.1) is 6.61 Å². The predicted octanol–water partition coefficient (Wildman–Crippen LogP) is 3.44. The maximum atomic E-state index is 9.20. The third kappa shape index (κ3) is 4.78. The minimum Gasteiger partial charge on any atom is -0.395 e. The van der Waals surface area contributed by atoms with Crippen molar-refractivity contribution in [2.24, 2.45) is 0 Å². The molecule has 2 rings (SSSR count). The molecular formula is C16H18BrNO. The van der Waals surface area contributed by atoms with Gasteiger partial charge in [-0.05, 0) is 23.3 Å². The molecule has 0 aromatic heterocycles. The molecule has 100 valence electrons. The van der Waals surface area contributed by atoms with E-state index in [-0.39, 0.29) is 6.61 Å². The van der Waals surface area contributed by atoms with Gasteiger partial charge < -0.3 is 5.11 Å². The second kappa shape index (κ2) is 7.43. The summed E-state index contributed by atoms with van der Waals surface area (Å²) in [5.74, 6) is 0. The summed E-state index contributed by atoms with van der Waals surface area (Å²) in [5.41, 5.74) is 2.52. The van der Waals surface area contributed by atoms with Crippen molar-refractivity contribution in [3.05, 3.63) is 70.2 Å². The first kappa shape index (κ1) is 14.3. The molecule has 0 saturated carbocycles. The van der Waals surface area contributed by atoms with E-state index < -0.39 is 0 Å². The molecule has 2 nitrogen and oxygen atoms in total. The highest BCUT2D eigenvalue weighted by atomic mass is 79.9. The molecule has 0 bridgehead atoms. The molecule has 0 aliphatic rings. The average Bonchev–Trinajstić information content (AvgIpc) is 2.40. The number of hydrogen-bond acceptors (Lipinski definition) is 2. The van der Waals surface area contributed by atoms with Crippen LogP contribution in [0.3, 0.4) is 0 Å². The molecule has 0 radical (unpaired) electrons. The second-order valence-electron chi connectivity index (χ2n) is 4.55. The number of rotatable bonds is 6. The van der Waals surface area contributed by atoms with Crippen molar-refractivity contribution in [3.8, 4) is 0 Å². The second-order valence-corrected chi connectivity index (χ2v) is 5.47. The van der Waals surface area contributed by atoms with Crippen molar-refractivity contribution < 1.29 is 5.11 Å². The van der Waals surface area contributed by atoms with E-state index in [0.29, 0.717) is 6.54 Å². The van der Waals surface area contributed by atoms with Crippen LogP contribution in [0.1, 0.15) is 11.1 Å². The molecule has 1 N–H and O–H groups in total. The lowest BCUT2D eigenvalue weighted by molar-refractivity contribution is 0.184. The first-order valence-electron chi connectivity index (χ1n) is 6.39. The van der Waals surface area contributed by atoms with Crippen LogP contribution < -0.4 is 0 Å². The predicted molar refractivity (Wildman–Crippen MR) is 81.8 cm³/mol. The highest BCUT2D eigenvalue weighted by Crippen LogP contribution is 2.14. The monoisotopic (exact) mass is 319 g/mol. The molecule has 2 aromatic carbocycles. The Morgan fingerprint density at radius 2 is 1.58 bits per heavy atom. The Morgan fingerprint density at radius 1 is 0.895 bits per heavy atom. The number of benzene rings is 2. The van der Waals surface area contributed by atoms with Crippen LogP contribution in [0.5, 0.6) is 0 Å². The fourth-order valence-corrected chi connectivity index (χ4v) is 2.54. The summed E-state index contributed by atoms with van der Waals surface area (Å²) in [6, 6.07) is 18.6. The first-order valence-corrected chi connectivity index (χ1v) is 7.19. The van der Waals surface area contributed by atoms with E-state index in [9.17, 15) is 5.11 Å². The lowest BCUT2D eigenvalue weighted by atomic mass is 10.1. The molecule has 0 aliphatic heterocycles. The van der Waals surface area contributed by atoms with Crippen LogP contribution in [0.25, 0.3) is 0 Å². The summed E-state index contributed by atoms with van der Waals surface area (Å²) in [4.78, 5) is 2.25. The molecule has 0 aliphatic carbocycles. The number of hydrogen-bond donors (Lipinski definition) is 1. The maximum absolute atomic E-state index is 9.20. The van der Waals surface area contributed by atoms with E-state index in [1.165, 1.54) is 11.1 Å². The molecule has 19 heavy (non-hydrogen) atoms. The molecule has 0 heterocycles. The zero-order valence-electron chi connectivity index (χ0n) is 10.8. The van der Waals surface area contributed by atoms with Gasteiger partial charge in [-0.1, -0.05) is 58.4 Å². The number of aliphatic hydroxyl groups is 1. The van der Waals surface area contributed by atoms with Crippen molar-refractivity contribution in [1.29, 1.82) is 0 Å². The van der Waals surface area contributed by atoms with Gasteiger partial charge in [-0.15, -0.1) is 0 Å². The topological polar surface area (TPSA) is 23.5 Å². The van der Waals surface area contributed by atoms with Crippen LogP contribution in [0, 0.1) is 0 Å². The van der Waals surface area contributed by atoms with Crippen LogP contribution in [-0.2, 0) is 13.1 Å². The van der Waals surface area contributed by atoms with Gasteiger partial charge >= 0.3 is 0 Å². The SMILES string of the molecule is OCCN(Cc1ccccc1)Cc1cccc(Br)c1. The standard InChI is InChI=1S/C16H18BrNO/c17-16-8-4-7-15(11-16)13-18(9-10-19)12-14-5-2-1-3-6-14/h1-8,11,19H,9-10,12-13H2. The quantitative estimate of drug-likeness (QED) is 0.881. The highest BCUT2D eigenvalue weighted by molar-refractivity contribution is 9.10. The highest BCUT2D eigenvalue weighted by Gasteiger charge is 2.06. The van der Waals surface area contributed by atoms with Gasteiger partial charge in [0.2, 0.25) is 0 Å².